The lowest BCUT2D eigenvalue weighted by atomic mass is 10.1. The van der Waals surface area contributed by atoms with E-state index in [9.17, 15) is 25.2 Å². The van der Waals surface area contributed by atoms with E-state index >= 15 is 0 Å². The van der Waals surface area contributed by atoms with Gasteiger partial charge in [0.1, 0.15) is 18.3 Å². The number of hydrogen-bond donors (Lipinski definition) is 4. The predicted octanol–water partition coefficient (Wildman–Crippen LogP) is -0.513. The summed E-state index contributed by atoms with van der Waals surface area (Å²) < 4.78 is 15.8. The third kappa shape index (κ3) is 2.37. The highest BCUT2D eigenvalue weighted by Crippen LogP contribution is 2.36. The molecule has 21 heavy (non-hydrogen) atoms. The van der Waals surface area contributed by atoms with Crippen LogP contribution in [-0.2, 0) is 14.2 Å². The monoisotopic (exact) mass is 298 g/mol. The van der Waals surface area contributed by atoms with Gasteiger partial charge < -0.3 is 34.6 Å². The first kappa shape index (κ1) is 13.9. The lowest BCUT2D eigenvalue weighted by Crippen LogP contribution is -2.34. The predicted molar refractivity (Wildman–Crippen MR) is 66.1 cm³/mol. The summed E-state index contributed by atoms with van der Waals surface area (Å²) in [6.07, 6.45) is -2.49. The third-order valence-corrected chi connectivity index (χ3v) is 3.55. The van der Waals surface area contributed by atoms with E-state index in [0.29, 0.717) is 0 Å². The van der Waals surface area contributed by atoms with Gasteiger partial charge in [0, 0.05) is 0 Å². The fraction of sp³-hybridized carbons (Fsp3) is 0.462. The van der Waals surface area contributed by atoms with E-state index in [2.05, 4.69) is 0 Å². The van der Waals surface area contributed by atoms with E-state index in [1.165, 1.54) is 0 Å². The molecule has 0 aromatic heterocycles. The van der Waals surface area contributed by atoms with Gasteiger partial charge in [0.15, 0.2) is 23.4 Å². The van der Waals surface area contributed by atoms with Gasteiger partial charge in [0.2, 0.25) is 0 Å². The third-order valence-electron chi connectivity index (χ3n) is 3.55. The van der Waals surface area contributed by atoms with Crippen molar-refractivity contribution in [3.8, 4) is 17.2 Å². The van der Waals surface area contributed by atoms with Crippen LogP contribution in [0.4, 0.5) is 0 Å². The minimum atomic E-state index is -0.806. The molecule has 0 spiro atoms. The minimum Gasteiger partial charge on any atom is -0.504 e. The second kappa shape index (κ2) is 5.06. The second-order valence-corrected chi connectivity index (χ2v) is 4.97. The quantitative estimate of drug-likeness (QED) is 0.425. The van der Waals surface area contributed by atoms with Gasteiger partial charge in [-0.2, -0.15) is 0 Å². The number of hydrogen-bond acceptors (Lipinski definition) is 8. The lowest BCUT2D eigenvalue weighted by Gasteiger charge is -2.16. The molecule has 2 saturated heterocycles. The van der Waals surface area contributed by atoms with Crippen molar-refractivity contribution in [2.45, 2.75) is 24.4 Å². The van der Waals surface area contributed by atoms with Crippen molar-refractivity contribution in [2.75, 3.05) is 13.2 Å². The number of benzene rings is 1. The number of aliphatic hydroxyl groups is 1. The van der Waals surface area contributed by atoms with E-state index in [-0.39, 0.29) is 18.8 Å². The van der Waals surface area contributed by atoms with Crippen LogP contribution in [0.1, 0.15) is 10.4 Å². The second-order valence-electron chi connectivity index (χ2n) is 4.97. The molecule has 1 aromatic carbocycles. The first-order valence-corrected chi connectivity index (χ1v) is 6.34. The van der Waals surface area contributed by atoms with Gasteiger partial charge in [-0.05, 0) is 12.1 Å². The molecule has 0 bridgehead atoms. The highest BCUT2D eigenvalue weighted by atomic mass is 16.6. The maximum absolute atomic E-state index is 12.0. The number of ether oxygens (including phenoxy) is 3. The van der Waals surface area contributed by atoms with Crippen molar-refractivity contribution in [3.05, 3.63) is 17.7 Å². The number of phenols is 3. The summed E-state index contributed by atoms with van der Waals surface area (Å²) in [5, 5.41) is 37.6. The number of carbonyl (C=O) groups is 1. The van der Waals surface area contributed by atoms with E-state index in [0.717, 1.165) is 12.1 Å². The van der Waals surface area contributed by atoms with Crippen molar-refractivity contribution in [2.24, 2.45) is 0 Å². The number of esters is 1. The molecule has 0 aliphatic carbocycles. The zero-order valence-electron chi connectivity index (χ0n) is 10.8. The van der Waals surface area contributed by atoms with Crippen LogP contribution in [0.3, 0.4) is 0 Å². The van der Waals surface area contributed by atoms with Crippen molar-refractivity contribution >= 4 is 5.97 Å². The number of aliphatic hydroxyl groups excluding tert-OH is 1. The molecule has 2 fully saturated rings. The summed E-state index contributed by atoms with van der Waals surface area (Å²) in [6.45, 7) is 0.207. The van der Waals surface area contributed by atoms with Crippen LogP contribution in [0.15, 0.2) is 12.1 Å². The largest absolute Gasteiger partial charge is 0.504 e. The first-order chi connectivity index (χ1) is 9.97. The SMILES string of the molecule is O=C(OC1COC2C(O)COC12)c1cc(O)c(O)c(O)c1. The molecule has 1 aromatic rings. The van der Waals surface area contributed by atoms with E-state index < -0.39 is 47.6 Å². The van der Waals surface area contributed by atoms with Crippen molar-refractivity contribution in [3.63, 3.8) is 0 Å². The van der Waals surface area contributed by atoms with Crippen LogP contribution in [0.25, 0.3) is 0 Å². The summed E-state index contributed by atoms with van der Waals surface area (Å²) in [5.41, 5.74) is -0.121. The summed E-state index contributed by atoms with van der Waals surface area (Å²) >= 11 is 0. The van der Waals surface area contributed by atoms with Crippen LogP contribution >= 0.6 is 0 Å². The Morgan fingerprint density at radius 3 is 2.38 bits per heavy atom. The van der Waals surface area contributed by atoms with Gasteiger partial charge in [-0.25, -0.2) is 4.79 Å². The Labute approximate surface area is 119 Å². The Kier molecular flexibility index (Phi) is 3.36. The highest BCUT2D eigenvalue weighted by molar-refractivity contribution is 5.91. The van der Waals surface area contributed by atoms with Crippen molar-refractivity contribution < 1.29 is 39.4 Å². The van der Waals surface area contributed by atoms with Crippen LogP contribution in [0, 0.1) is 0 Å². The molecule has 2 aliphatic rings. The summed E-state index contributed by atoms with van der Waals surface area (Å²) in [4.78, 5) is 12.0. The Balaban J connectivity index is 1.73. The first-order valence-electron chi connectivity index (χ1n) is 6.34. The highest BCUT2D eigenvalue weighted by Gasteiger charge is 2.49. The molecule has 2 heterocycles. The standard InChI is InChI=1S/C13H14O8/c14-6-1-5(2-7(15)10(6)17)13(18)21-9-4-20-11-8(16)3-19-12(9)11/h1-2,8-9,11-12,14-17H,3-4H2. The number of aromatic hydroxyl groups is 3. The maximum Gasteiger partial charge on any atom is 0.338 e. The topological polar surface area (TPSA) is 126 Å². The molecule has 4 N–H and O–H groups in total. The van der Waals surface area contributed by atoms with Crippen LogP contribution in [0.2, 0.25) is 0 Å². The average Bonchev–Trinajstić information content (AvgIpc) is 3.00. The summed E-state index contributed by atoms with van der Waals surface area (Å²) in [6, 6.07) is 1.96. The maximum atomic E-state index is 12.0. The smallest absolute Gasteiger partial charge is 0.338 e. The van der Waals surface area contributed by atoms with Crippen LogP contribution in [-0.4, -0.2) is 64.0 Å². The number of fused-ring (bicyclic) bond motifs is 1. The van der Waals surface area contributed by atoms with Gasteiger partial charge in [0.25, 0.3) is 0 Å². The van der Waals surface area contributed by atoms with Crippen molar-refractivity contribution in [1.29, 1.82) is 0 Å². The Morgan fingerprint density at radius 1 is 1.10 bits per heavy atom. The van der Waals surface area contributed by atoms with Gasteiger partial charge in [-0.3, -0.25) is 0 Å². The normalized spacial score (nSPS) is 31.1. The zero-order valence-corrected chi connectivity index (χ0v) is 10.8. The number of carbonyl (C=O) groups excluding carboxylic acids is 1. The molecule has 8 nitrogen and oxygen atoms in total. The molecule has 0 radical (unpaired) electrons. The van der Waals surface area contributed by atoms with Gasteiger partial charge in [-0.1, -0.05) is 0 Å². The molecule has 4 unspecified atom stereocenters. The summed E-state index contributed by atoms with van der Waals surface area (Å²) in [7, 11) is 0. The van der Waals surface area contributed by atoms with Gasteiger partial charge in [0.05, 0.1) is 18.8 Å². The molecule has 2 aliphatic heterocycles. The van der Waals surface area contributed by atoms with E-state index in [1.54, 1.807) is 0 Å². The summed E-state index contributed by atoms with van der Waals surface area (Å²) in [5.74, 6) is -2.78. The zero-order chi connectivity index (χ0) is 15.1. The molecule has 8 heteroatoms. The van der Waals surface area contributed by atoms with Crippen molar-refractivity contribution in [1.82, 2.24) is 0 Å². The molecule has 4 atom stereocenters. The van der Waals surface area contributed by atoms with E-state index in [1.807, 2.05) is 0 Å². The molecular formula is C13H14O8. The van der Waals surface area contributed by atoms with Crippen LogP contribution in [0.5, 0.6) is 17.2 Å². The van der Waals surface area contributed by atoms with Crippen LogP contribution < -0.4 is 0 Å². The number of phenolic OH excluding ortho intramolecular Hbond substituents is 3. The Bertz CT molecular complexity index is 548. The molecule has 114 valence electrons. The molecule has 0 amide bonds. The average molecular weight is 298 g/mol. The Morgan fingerprint density at radius 2 is 1.71 bits per heavy atom. The molecule has 0 saturated carbocycles. The fourth-order valence-corrected chi connectivity index (χ4v) is 2.47. The van der Waals surface area contributed by atoms with E-state index in [4.69, 9.17) is 14.2 Å². The molecule has 3 rings (SSSR count). The van der Waals surface area contributed by atoms with Gasteiger partial charge in [-0.15, -0.1) is 0 Å². The molecular weight excluding hydrogens is 284 g/mol. The Hall–Kier alpha value is -2.03. The van der Waals surface area contributed by atoms with Gasteiger partial charge >= 0.3 is 5.97 Å². The fourth-order valence-electron chi connectivity index (χ4n) is 2.47. The lowest BCUT2D eigenvalue weighted by molar-refractivity contribution is -0.0209. The minimum absolute atomic E-state index is 0.0914. The number of rotatable bonds is 2.